The van der Waals surface area contributed by atoms with Crippen molar-refractivity contribution in [3.63, 3.8) is 0 Å². The molecule has 0 radical (unpaired) electrons. The summed E-state index contributed by atoms with van der Waals surface area (Å²) in [6.45, 7) is 4.80. The van der Waals surface area contributed by atoms with Crippen LogP contribution in [0.1, 0.15) is 64.4 Å². The summed E-state index contributed by atoms with van der Waals surface area (Å²) in [5.74, 6) is 2.87. The molecule has 4 aliphatic carbocycles. The van der Waals surface area contributed by atoms with Crippen molar-refractivity contribution in [2.45, 2.75) is 58.8 Å². The van der Waals surface area contributed by atoms with Crippen LogP contribution in [0.5, 0.6) is 0 Å². The lowest BCUT2D eigenvalue weighted by atomic mass is 9.47. The largest absolute Gasteiger partial charge is 0.300 e. The molecule has 0 amide bonds. The molecule has 138 valence electrons. The lowest BCUT2D eigenvalue weighted by molar-refractivity contribution is -0.118. The smallest absolute Gasteiger partial charge is 0.142 e. The zero-order valence-electron chi connectivity index (χ0n) is 15.8. The van der Waals surface area contributed by atoms with Crippen molar-refractivity contribution >= 4 is 11.4 Å². The van der Waals surface area contributed by atoms with Gasteiger partial charge in [0, 0.05) is 19.0 Å². The SMILES string of the molecule is CC12CCC3C(CCC4CC(=O)CC43C)C1CC=C2c1cncc(F)c1. The summed E-state index contributed by atoms with van der Waals surface area (Å²) in [6.07, 6.45) is 13.0. The Morgan fingerprint density at radius 2 is 2.00 bits per heavy atom. The molecule has 0 aromatic carbocycles. The number of halogens is 1. The molecular formula is C23H28FNO. The highest BCUT2D eigenvalue weighted by Gasteiger charge is 2.60. The number of ketones is 1. The predicted octanol–water partition coefficient (Wildman–Crippen LogP) is 5.44. The fraction of sp³-hybridized carbons (Fsp3) is 0.652. The number of Topliss-reactive ketones (excluding diaryl/α,β-unsaturated/α-hetero) is 1. The summed E-state index contributed by atoms with van der Waals surface area (Å²) < 4.78 is 13.8. The van der Waals surface area contributed by atoms with Gasteiger partial charge in [-0.05, 0) is 83.8 Å². The van der Waals surface area contributed by atoms with E-state index in [1.165, 1.54) is 31.0 Å². The summed E-state index contributed by atoms with van der Waals surface area (Å²) in [6, 6.07) is 1.65. The van der Waals surface area contributed by atoms with Crippen molar-refractivity contribution in [2.75, 3.05) is 0 Å². The fourth-order valence-corrected chi connectivity index (χ4v) is 7.49. The van der Waals surface area contributed by atoms with E-state index in [9.17, 15) is 9.18 Å². The average Bonchev–Trinajstić information content (AvgIpc) is 3.10. The van der Waals surface area contributed by atoms with Crippen molar-refractivity contribution < 1.29 is 9.18 Å². The zero-order chi connectivity index (χ0) is 18.1. The van der Waals surface area contributed by atoms with Gasteiger partial charge in [-0.3, -0.25) is 9.78 Å². The molecule has 26 heavy (non-hydrogen) atoms. The maximum atomic E-state index is 13.8. The molecular weight excluding hydrogens is 325 g/mol. The molecule has 0 spiro atoms. The van der Waals surface area contributed by atoms with Crippen LogP contribution in [-0.4, -0.2) is 10.8 Å². The first-order valence-corrected chi connectivity index (χ1v) is 10.2. The van der Waals surface area contributed by atoms with Gasteiger partial charge in [-0.1, -0.05) is 19.9 Å². The van der Waals surface area contributed by atoms with Gasteiger partial charge in [-0.25, -0.2) is 4.39 Å². The molecule has 3 saturated carbocycles. The minimum absolute atomic E-state index is 0.127. The van der Waals surface area contributed by atoms with E-state index >= 15 is 0 Å². The molecule has 1 aromatic heterocycles. The Balaban J connectivity index is 1.47. The highest BCUT2D eigenvalue weighted by molar-refractivity contribution is 5.82. The molecule has 0 N–H and O–H groups in total. The van der Waals surface area contributed by atoms with Crippen LogP contribution in [0, 0.1) is 40.3 Å². The van der Waals surface area contributed by atoms with Gasteiger partial charge < -0.3 is 0 Å². The van der Waals surface area contributed by atoms with Crippen LogP contribution in [0.4, 0.5) is 4.39 Å². The molecule has 5 rings (SSSR count). The second-order valence-electron chi connectivity index (χ2n) is 9.78. The van der Waals surface area contributed by atoms with Crippen molar-refractivity contribution in [3.05, 3.63) is 35.9 Å². The molecule has 3 fully saturated rings. The number of carbonyl (C=O) groups excluding carboxylic acids is 1. The van der Waals surface area contributed by atoms with E-state index in [0.717, 1.165) is 31.2 Å². The first-order chi connectivity index (χ1) is 12.4. The summed E-state index contributed by atoms with van der Waals surface area (Å²) >= 11 is 0. The Morgan fingerprint density at radius 3 is 2.81 bits per heavy atom. The minimum Gasteiger partial charge on any atom is -0.300 e. The molecule has 1 aromatic rings. The van der Waals surface area contributed by atoms with E-state index in [0.29, 0.717) is 29.5 Å². The molecule has 4 aliphatic rings. The Hall–Kier alpha value is -1.51. The number of hydrogen-bond donors (Lipinski definition) is 0. The third-order valence-corrected chi connectivity index (χ3v) is 8.71. The van der Waals surface area contributed by atoms with Crippen LogP contribution in [0.25, 0.3) is 5.57 Å². The van der Waals surface area contributed by atoms with E-state index in [-0.39, 0.29) is 16.6 Å². The lowest BCUT2D eigenvalue weighted by Gasteiger charge is -2.57. The second-order valence-corrected chi connectivity index (χ2v) is 9.78. The lowest BCUT2D eigenvalue weighted by Crippen LogP contribution is -2.49. The van der Waals surface area contributed by atoms with Crippen molar-refractivity contribution in [3.8, 4) is 0 Å². The van der Waals surface area contributed by atoms with E-state index in [4.69, 9.17) is 0 Å². The van der Waals surface area contributed by atoms with Gasteiger partial charge >= 0.3 is 0 Å². The number of nitrogens with zero attached hydrogens (tertiary/aromatic N) is 1. The number of pyridine rings is 1. The molecule has 6 atom stereocenters. The molecule has 3 heteroatoms. The second kappa shape index (κ2) is 5.50. The van der Waals surface area contributed by atoms with Crippen molar-refractivity contribution in [2.24, 2.45) is 34.5 Å². The fourth-order valence-electron chi connectivity index (χ4n) is 7.49. The molecule has 6 unspecified atom stereocenters. The van der Waals surface area contributed by atoms with Crippen molar-refractivity contribution in [1.82, 2.24) is 4.98 Å². The zero-order valence-corrected chi connectivity index (χ0v) is 15.8. The molecule has 0 aliphatic heterocycles. The van der Waals surface area contributed by atoms with E-state index < -0.39 is 0 Å². The van der Waals surface area contributed by atoms with Gasteiger partial charge in [0.15, 0.2) is 0 Å². The van der Waals surface area contributed by atoms with Crippen LogP contribution in [0.15, 0.2) is 24.5 Å². The summed E-state index contributed by atoms with van der Waals surface area (Å²) in [7, 11) is 0. The Bertz CT molecular complexity index is 801. The number of carbonyl (C=O) groups is 1. The van der Waals surface area contributed by atoms with Crippen LogP contribution in [0.2, 0.25) is 0 Å². The van der Waals surface area contributed by atoms with Gasteiger partial charge in [0.05, 0.1) is 6.20 Å². The Morgan fingerprint density at radius 1 is 1.15 bits per heavy atom. The van der Waals surface area contributed by atoms with E-state index in [1.54, 1.807) is 6.07 Å². The molecule has 0 bridgehead atoms. The van der Waals surface area contributed by atoms with Gasteiger partial charge in [-0.15, -0.1) is 0 Å². The van der Waals surface area contributed by atoms with Crippen LogP contribution < -0.4 is 0 Å². The third-order valence-electron chi connectivity index (χ3n) is 8.71. The van der Waals surface area contributed by atoms with E-state index in [1.807, 2.05) is 6.20 Å². The quantitative estimate of drug-likeness (QED) is 0.673. The number of hydrogen-bond acceptors (Lipinski definition) is 2. The van der Waals surface area contributed by atoms with E-state index in [2.05, 4.69) is 24.9 Å². The maximum absolute atomic E-state index is 13.8. The first-order valence-electron chi connectivity index (χ1n) is 10.2. The minimum atomic E-state index is -0.248. The average molecular weight is 353 g/mol. The van der Waals surface area contributed by atoms with Gasteiger partial charge in [0.2, 0.25) is 0 Å². The predicted molar refractivity (Wildman–Crippen MR) is 99.7 cm³/mol. The standard InChI is InChI=1S/C23H28FNO/c1-22-8-7-21-18(4-3-15-10-17(26)11-23(15,21)2)20(22)6-5-19(22)14-9-16(24)13-25-12-14/h5,9,12-13,15,18,20-21H,3-4,6-8,10-11H2,1-2H3. The number of rotatable bonds is 1. The topological polar surface area (TPSA) is 30.0 Å². The van der Waals surface area contributed by atoms with Gasteiger partial charge in [0.1, 0.15) is 11.6 Å². The number of fused-ring (bicyclic) bond motifs is 5. The molecule has 1 heterocycles. The first kappa shape index (κ1) is 16.6. The summed E-state index contributed by atoms with van der Waals surface area (Å²) in [4.78, 5) is 16.3. The maximum Gasteiger partial charge on any atom is 0.142 e. The normalized spacial score (nSPS) is 44.3. The Labute approximate surface area is 155 Å². The summed E-state index contributed by atoms with van der Waals surface area (Å²) in [5.41, 5.74) is 2.62. The van der Waals surface area contributed by atoms with Gasteiger partial charge in [-0.2, -0.15) is 0 Å². The number of aromatic nitrogens is 1. The third kappa shape index (κ3) is 2.15. The monoisotopic (exact) mass is 353 g/mol. The number of allylic oxidation sites excluding steroid dienone is 2. The van der Waals surface area contributed by atoms with Crippen LogP contribution >= 0.6 is 0 Å². The summed E-state index contributed by atoms with van der Waals surface area (Å²) in [5, 5.41) is 0. The van der Waals surface area contributed by atoms with Crippen LogP contribution in [0.3, 0.4) is 0 Å². The van der Waals surface area contributed by atoms with Gasteiger partial charge in [0.25, 0.3) is 0 Å². The Kier molecular flexibility index (Phi) is 3.52. The molecule has 2 nitrogen and oxygen atoms in total. The van der Waals surface area contributed by atoms with Crippen molar-refractivity contribution in [1.29, 1.82) is 0 Å². The van der Waals surface area contributed by atoms with Crippen LogP contribution in [-0.2, 0) is 4.79 Å². The highest BCUT2D eigenvalue weighted by atomic mass is 19.1. The highest BCUT2D eigenvalue weighted by Crippen LogP contribution is 2.67. The molecule has 0 saturated heterocycles.